The Hall–Kier alpha value is -1.40. The minimum Gasteiger partial charge on any atom is -0.361 e. The Morgan fingerprint density at radius 1 is 1.35 bits per heavy atom. The summed E-state index contributed by atoms with van der Waals surface area (Å²) in [5.41, 5.74) is 0.980. The number of amides is 1. The zero-order chi connectivity index (χ0) is 14.5. The third-order valence-corrected chi connectivity index (χ3v) is 3.34. The van der Waals surface area contributed by atoms with Gasteiger partial charge in [-0.1, -0.05) is 5.16 Å². The van der Waals surface area contributed by atoms with Crippen molar-refractivity contribution in [1.29, 1.82) is 0 Å². The smallest absolute Gasteiger partial charge is 0.234 e. The second kappa shape index (κ2) is 6.85. The Morgan fingerprint density at radius 2 is 2.00 bits per heavy atom. The topological polar surface area (TPSA) is 61.6 Å². The maximum atomic E-state index is 11.7. The fourth-order valence-corrected chi connectivity index (χ4v) is 2.40. The third kappa shape index (κ3) is 4.61. The molecule has 0 aromatic carbocycles. The maximum Gasteiger partial charge on any atom is 0.234 e. The number of piperazine rings is 1. The van der Waals surface area contributed by atoms with Gasteiger partial charge < -0.3 is 9.84 Å². The summed E-state index contributed by atoms with van der Waals surface area (Å²) in [6, 6.07) is 2.18. The summed E-state index contributed by atoms with van der Waals surface area (Å²) < 4.78 is 5.08. The molecule has 1 aliphatic rings. The minimum atomic E-state index is 0.112. The standard InChI is InChI=1S/C14H24N4O2/c1-11(2)15-14(19)10-18-6-4-17(5-7-18)9-13-8-12(3)20-16-13/h8,11H,4-7,9-10H2,1-3H3,(H,15,19). The monoisotopic (exact) mass is 280 g/mol. The van der Waals surface area contributed by atoms with Crippen LogP contribution in [0.25, 0.3) is 0 Å². The summed E-state index contributed by atoms with van der Waals surface area (Å²) in [7, 11) is 0. The van der Waals surface area contributed by atoms with Crippen molar-refractivity contribution >= 4 is 5.91 Å². The molecule has 0 radical (unpaired) electrons. The predicted molar refractivity (Wildman–Crippen MR) is 76.2 cm³/mol. The number of carbonyl (C=O) groups is 1. The first kappa shape index (κ1) is 15.0. The van der Waals surface area contributed by atoms with Crippen LogP contribution >= 0.6 is 0 Å². The van der Waals surface area contributed by atoms with Gasteiger partial charge >= 0.3 is 0 Å². The van der Waals surface area contributed by atoms with E-state index < -0.39 is 0 Å². The fourth-order valence-electron chi connectivity index (χ4n) is 2.40. The second-order valence-electron chi connectivity index (χ2n) is 5.70. The lowest BCUT2D eigenvalue weighted by molar-refractivity contribution is -0.123. The quantitative estimate of drug-likeness (QED) is 0.857. The number of nitrogens with zero attached hydrogens (tertiary/aromatic N) is 3. The number of hydrogen-bond donors (Lipinski definition) is 1. The second-order valence-corrected chi connectivity index (χ2v) is 5.70. The van der Waals surface area contributed by atoms with Crippen LogP contribution in [-0.4, -0.2) is 59.6 Å². The summed E-state index contributed by atoms with van der Waals surface area (Å²) in [5, 5.41) is 6.94. The van der Waals surface area contributed by atoms with Crippen molar-refractivity contribution < 1.29 is 9.32 Å². The van der Waals surface area contributed by atoms with Crippen molar-refractivity contribution in [2.24, 2.45) is 0 Å². The number of aromatic nitrogens is 1. The highest BCUT2D eigenvalue weighted by Crippen LogP contribution is 2.08. The van der Waals surface area contributed by atoms with E-state index in [9.17, 15) is 4.79 Å². The van der Waals surface area contributed by atoms with Gasteiger partial charge in [0.2, 0.25) is 5.91 Å². The molecule has 1 fully saturated rings. The molecule has 1 aromatic heterocycles. The number of hydrogen-bond acceptors (Lipinski definition) is 5. The van der Waals surface area contributed by atoms with Crippen LogP contribution < -0.4 is 5.32 Å². The highest BCUT2D eigenvalue weighted by Gasteiger charge is 2.19. The van der Waals surface area contributed by atoms with Gasteiger partial charge in [-0.25, -0.2) is 0 Å². The molecule has 1 aromatic rings. The average Bonchev–Trinajstić information content (AvgIpc) is 2.76. The first-order valence-electron chi connectivity index (χ1n) is 7.19. The van der Waals surface area contributed by atoms with Crippen LogP contribution in [-0.2, 0) is 11.3 Å². The van der Waals surface area contributed by atoms with Gasteiger partial charge in [-0.2, -0.15) is 0 Å². The van der Waals surface area contributed by atoms with Gasteiger partial charge in [-0.15, -0.1) is 0 Å². The van der Waals surface area contributed by atoms with Gasteiger partial charge in [0.1, 0.15) is 5.76 Å². The van der Waals surface area contributed by atoms with Crippen molar-refractivity contribution in [3.63, 3.8) is 0 Å². The van der Waals surface area contributed by atoms with E-state index in [1.807, 2.05) is 26.8 Å². The largest absolute Gasteiger partial charge is 0.361 e. The SMILES string of the molecule is Cc1cc(CN2CCN(CC(=O)NC(C)C)CC2)no1. The van der Waals surface area contributed by atoms with Gasteiger partial charge in [0, 0.05) is 44.8 Å². The molecule has 20 heavy (non-hydrogen) atoms. The van der Waals surface area contributed by atoms with E-state index in [1.165, 1.54) is 0 Å². The van der Waals surface area contributed by atoms with E-state index >= 15 is 0 Å². The normalized spacial score (nSPS) is 17.6. The molecular formula is C14H24N4O2. The van der Waals surface area contributed by atoms with E-state index in [0.29, 0.717) is 6.54 Å². The zero-order valence-corrected chi connectivity index (χ0v) is 12.6. The maximum absolute atomic E-state index is 11.7. The summed E-state index contributed by atoms with van der Waals surface area (Å²) in [6.07, 6.45) is 0. The molecule has 2 rings (SSSR count). The van der Waals surface area contributed by atoms with Crippen molar-refractivity contribution in [3.05, 3.63) is 17.5 Å². The van der Waals surface area contributed by atoms with Crippen molar-refractivity contribution in [1.82, 2.24) is 20.3 Å². The average molecular weight is 280 g/mol. The van der Waals surface area contributed by atoms with Crippen LogP contribution in [0, 0.1) is 6.92 Å². The molecule has 0 aliphatic carbocycles. The van der Waals surface area contributed by atoms with E-state index in [1.54, 1.807) is 0 Å². The van der Waals surface area contributed by atoms with Crippen LogP contribution in [0.5, 0.6) is 0 Å². The number of nitrogens with one attached hydrogen (secondary N) is 1. The first-order valence-corrected chi connectivity index (χ1v) is 7.19. The Morgan fingerprint density at radius 3 is 2.55 bits per heavy atom. The molecule has 112 valence electrons. The lowest BCUT2D eigenvalue weighted by atomic mass is 10.2. The molecule has 1 saturated heterocycles. The summed E-state index contributed by atoms with van der Waals surface area (Å²) in [5.74, 6) is 0.963. The van der Waals surface area contributed by atoms with E-state index in [4.69, 9.17) is 4.52 Å². The van der Waals surface area contributed by atoms with Crippen LogP contribution in [0.2, 0.25) is 0 Å². The number of aryl methyl sites for hydroxylation is 1. The van der Waals surface area contributed by atoms with Crippen LogP contribution in [0.4, 0.5) is 0 Å². The Labute approximate surface area is 120 Å². The van der Waals surface area contributed by atoms with Gasteiger partial charge in [0.15, 0.2) is 0 Å². The van der Waals surface area contributed by atoms with Crippen molar-refractivity contribution in [2.45, 2.75) is 33.4 Å². The molecular weight excluding hydrogens is 256 g/mol. The molecule has 0 spiro atoms. The van der Waals surface area contributed by atoms with Gasteiger partial charge in [-0.3, -0.25) is 14.6 Å². The molecule has 6 heteroatoms. The van der Waals surface area contributed by atoms with Gasteiger partial charge in [-0.05, 0) is 20.8 Å². The first-order chi connectivity index (χ1) is 9.52. The highest BCUT2D eigenvalue weighted by atomic mass is 16.5. The van der Waals surface area contributed by atoms with Gasteiger partial charge in [0.25, 0.3) is 0 Å². The third-order valence-electron chi connectivity index (χ3n) is 3.34. The lowest BCUT2D eigenvalue weighted by Crippen LogP contribution is -2.49. The molecule has 0 atom stereocenters. The van der Waals surface area contributed by atoms with Crippen molar-refractivity contribution in [2.75, 3.05) is 32.7 Å². The van der Waals surface area contributed by atoms with Gasteiger partial charge in [0.05, 0.1) is 12.2 Å². The Kier molecular flexibility index (Phi) is 5.14. The molecule has 0 saturated carbocycles. The molecule has 1 aliphatic heterocycles. The summed E-state index contributed by atoms with van der Waals surface area (Å²) in [4.78, 5) is 16.2. The lowest BCUT2D eigenvalue weighted by Gasteiger charge is -2.33. The minimum absolute atomic E-state index is 0.112. The van der Waals surface area contributed by atoms with E-state index in [0.717, 1.165) is 44.2 Å². The van der Waals surface area contributed by atoms with Crippen LogP contribution in [0.3, 0.4) is 0 Å². The van der Waals surface area contributed by atoms with Crippen LogP contribution in [0.15, 0.2) is 10.6 Å². The number of rotatable bonds is 5. The molecule has 1 N–H and O–H groups in total. The molecule has 1 amide bonds. The van der Waals surface area contributed by atoms with E-state index in [-0.39, 0.29) is 11.9 Å². The Bertz CT molecular complexity index is 436. The number of carbonyl (C=O) groups excluding carboxylic acids is 1. The van der Waals surface area contributed by atoms with Crippen molar-refractivity contribution in [3.8, 4) is 0 Å². The molecule has 6 nitrogen and oxygen atoms in total. The molecule has 0 bridgehead atoms. The zero-order valence-electron chi connectivity index (χ0n) is 12.6. The Balaban J connectivity index is 1.71. The fraction of sp³-hybridized carbons (Fsp3) is 0.714. The molecule has 2 heterocycles. The predicted octanol–water partition coefficient (Wildman–Crippen LogP) is 0.625. The van der Waals surface area contributed by atoms with Crippen LogP contribution in [0.1, 0.15) is 25.3 Å². The molecule has 0 unspecified atom stereocenters. The summed E-state index contributed by atoms with van der Waals surface area (Å²) in [6.45, 7) is 10.9. The summed E-state index contributed by atoms with van der Waals surface area (Å²) >= 11 is 0. The van der Waals surface area contributed by atoms with E-state index in [2.05, 4.69) is 20.3 Å². The highest BCUT2D eigenvalue weighted by molar-refractivity contribution is 5.78.